The van der Waals surface area contributed by atoms with Crippen LogP contribution >= 0.6 is 0 Å². The highest BCUT2D eigenvalue weighted by Crippen LogP contribution is 2.23. The van der Waals surface area contributed by atoms with Crippen LogP contribution in [0.15, 0.2) is 12.4 Å². The standard InChI is InChI=1S/C12H14F3N5O/c13-12(14,15)3-8-4-17-10(18-5-8)19-6-9(7-19)20-2-1-16-11(20)21/h4-5,9H,1-3,6-7H2,(H,16,21). The molecule has 6 nitrogen and oxygen atoms in total. The molecule has 2 aliphatic rings. The van der Waals surface area contributed by atoms with Crippen LogP contribution in [0.2, 0.25) is 0 Å². The molecule has 0 bridgehead atoms. The maximum absolute atomic E-state index is 12.2. The van der Waals surface area contributed by atoms with E-state index in [2.05, 4.69) is 15.3 Å². The predicted octanol–water partition coefficient (Wildman–Crippen LogP) is 0.795. The number of halogens is 3. The van der Waals surface area contributed by atoms with Crippen LogP contribution in [0.5, 0.6) is 0 Å². The van der Waals surface area contributed by atoms with Crippen molar-refractivity contribution >= 4 is 12.0 Å². The summed E-state index contributed by atoms with van der Waals surface area (Å²) in [7, 11) is 0. The molecule has 0 aromatic carbocycles. The van der Waals surface area contributed by atoms with E-state index in [-0.39, 0.29) is 17.6 Å². The second-order valence-electron chi connectivity index (χ2n) is 5.17. The molecule has 114 valence electrons. The van der Waals surface area contributed by atoms with Crippen molar-refractivity contribution < 1.29 is 18.0 Å². The molecule has 0 unspecified atom stereocenters. The fourth-order valence-electron chi connectivity index (χ4n) is 2.48. The molecule has 21 heavy (non-hydrogen) atoms. The minimum atomic E-state index is -4.25. The van der Waals surface area contributed by atoms with Crippen molar-refractivity contribution in [2.24, 2.45) is 0 Å². The van der Waals surface area contributed by atoms with Gasteiger partial charge >= 0.3 is 12.2 Å². The first-order chi connectivity index (χ1) is 9.92. The van der Waals surface area contributed by atoms with Gasteiger partial charge in [0.05, 0.1) is 12.5 Å². The molecule has 0 saturated carbocycles. The quantitative estimate of drug-likeness (QED) is 0.897. The molecule has 1 aromatic rings. The average Bonchev–Trinajstić information content (AvgIpc) is 2.74. The Bertz CT molecular complexity index is 527. The highest BCUT2D eigenvalue weighted by molar-refractivity contribution is 5.77. The first-order valence-corrected chi connectivity index (χ1v) is 6.59. The van der Waals surface area contributed by atoms with Crippen LogP contribution in [0.1, 0.15) is 5.56 Å². The van der Waals surface area contributed by atoms with Crippen molar-refractivity contribution in [3.05, 3.63) is 18.0 Å². The number of hydrogen-bond donors (Lipinski definition) is 1. The van der Waals surface area contributed by atoms with E-state index >= 15 is 0 Å². The maximum Gasteiger partial charge on any atom is 0.393 e. The number of nitrogens with zero attached hydrogens (tertiary/aromatic N) is 4. The summed E-state index contributed by atoms with van der Waals surface area (Å²) >= 11 is 0. The normalized spacial score (nSPS) is 19.7. The van der Waals surface area contributed by atoms with Gasteiger partial charge in [0.25, 0.3) is 0 Å². The zero-order valence-corrected chi connectivity index (χ0v) is 11.1. The van der Waals surface area contributed by atoms with Crippen LogP contribution in [0, 0.1) is 0 Å². The van der Waals surface area contributed by atoms with E-state index in [4.69, 9.17) is 0 Å². The number of hydrogen-bond acceptors (Lipinski definition) is 4. The lowest BCUT2D eigenvalue weighted by Crippen LogP contribution is -2.60. The van der Waals surface area contributed by atoms with Gasteiger partial charge in [-0.15, -0.1) is 0 Å². The molecule has 2 saturated heterocycles. The van der Waals surface area contributed by atoms with E-state index in [0.717, 1.165) is 0 Å². The van der Waals surface area contributed by atoms with Crippen molar-refractivity contribution in [2.75, 3.05) is 31.1 Å². The smallest absolute Gasteiger partial charge is 0.337 e. The van der Waals surface area contributed by atoms with E-state index < -0.39 is 12.6 Å². The highest BCUT2D eigenvalue weighted by Gasteiger charge is 2.37. The number of aromatic nitrogens is 2. The van der Waals surface area contributed by atoms with Gasteiger partial charge in [0, 0.05) is 38.6 Å². The summed E-state index contributed by atoms with van der Waals surface area (Å²) in [6, 6.07) is 0.0482. The number of anilines is 1. The molecular formula is C12H14F3N5O. The average molecular weight is 301 g/mol. The second kappa shape index (κ2) is 5.05. The first-order valence-electron chi connectivity index (χ1n) is 6.59. The van der Waals surface area contributed by atoms with E-state index in [1.54, 1.807) is 4.90 Å². The topological polar surface area (TPSA) is 61.4 Å². The SMILES string of the molecule is O=C1NCCN1C1CN(c2ncc(CC(F)(F)F)cn2)C1. The van der Waals surface area contributed by atoms with Gasteiger partial charge in [-0.2, -0.15) is 13.2 Å². The summed E-state index contributed by atoms with van der Waals surface area (Å²) in [5.74, 6) is 0.400. The largest absolute Gasteiger partial charge is 0.393 e. The van der Waals surface area contributed by atoms with Gasteiger partial charge in [-0.05, 0) is 5.56 Å². The molecule has 2 fully saturated rings. The summed E-state index contributed by atoms with van der Waals surface area (Å²) in [5, 5.41) is 2.73. The minimum absolute atomic E-state index is 0.0437. The highest BCUT2D eigenvalue weighted by atomic mass is 19.4. The third-order valence-corrected chi connectivity index (χ3v) is 3.57. The van der Waals surface area contributed by atoms with Crippen molar-refractivity contribution in [3.8, 4) is 0 Å². The number of carbonyl (C=O) groups is 1. The van der Waals surface area contributed by atoms with Crippen molar-refractivity contribution in [3.63, 3.8) is 0 Å². The van der Waals surface area contributed by atoms with Crippen LogP contribution in [0.3, 0.4) is 0 Å². The minimum Gasteiger partial charge on any atom is -0.337 e. The van der Waals surface area contributed by atoms with Crippen LogP contribution in [-0.4, -0.2) is 59.3 Å². The fourth-order valence-corrected chi connectivity index (χ4v) is 2.48. The molecule has 3 heterocycles. The lowest BCUT2D eigenvalue weighted by atomic mass is 10.1. The number of carbonyl (C=O) groups excluding carboxylic acids is 1. The van der Waals surface area contributed by atoms with Gasteiger partial charge in [0.1, 0.15) is 0 Å². The van der Waals surface area contributed by atoms with Gasteiger partial charge in [-0.25, -0.2) is 14.8 Å². The van der Waals surface area contributed by atoms with Gasteiger partial charge in [-0.3, -0.25) is 0 Å². The van der Waals surface area contributed by atoms with E-state index in [1.807, 2.05) is 4.90 Å². The number of alkyl halides is 3. The number of amides is 2. The third kappa shape index (κ3) is 3.01. The Hall–Kier alpha value is -2.06. The van der Waals surface area contributed by atoms with Crippen LogP contribution < -0.4 is 10.2 Å². The molecule has 0 atom stereocenters. The number of nitrogens with one attached hydrogen (secondary N) is 1. The summed E-state index contributed by atoms with van der Waals surface area (Å²) in [5.41, 5.74) is 0.0437. The molecular weight excluding hydrogens is 287 g/mol. The van der Waals surface area contributed by atoms with Crippen LogP contribution in [-0.2, 0) is 6.42 Å². The molecule has 0 radical (unpaired) electrons. The van der Waals surface area contributed by atoms with Crippen molar-refractivity contribution in [2.45, 2.75) is 18.6 Å². The second-order valence-corrected chi connectivity index (χ2v) is 5.17. The first kappa shape index (κ1) is 13.9. The lowest BCUT2D eigenvalue weighted by molar-refractivity contribution is -0.127. The molecule has 1 aromatic heterocycles. The van der Waals surface area contributed by atoms with Crippen molar-refractivity contribution in [1.29, 1.82) is 0 Å². The van der Waals surface area contributed by atoms with Gasteiger partial charge < -0.3 is 15.1 Å². The molecule has 3 rings (SSSR count). The molecule has 0 aliphatic carbocycles. The fraction of sp³-hybridized carbons (Fsp3) is 0.583. The summed E-state index contributed by atoms with van der Waals surface area (Å²) in [6.45, 7) is 2.54. The Morgan fingerprint density at radius 1 is 1.29 bits per heavy atom. The Balaban J connectivity index is 1.56. The van der Waals surface area contributed by atoms with Crippen LogP contribution in [0.4, 0.5) is 23.9 Å². The molecule has 2 aliphatic heterocycles. The Morgan fingerprint density at radius 3 is 2.48 bits per heavy atom. The van der Waals surface area contributed by atoms with E-state index in [0.29, 0.717) is 32.1 Å². The van der Waals surface area contributed by atoms with E-state index in [9.17, 15) is 18.0 Å². The predicted molar refractivity (Wildman–Crippen MR) is 67.9 cm³/mol. The number of rotatable bonds is 3. The Labute approximate surface area is 119 Å². The van der Waals surface area contributed by atoms with Gasteiger partial charge in [0.15, 0.2) is 0 Å². The van der Waals surface area contributed by atoms with Gasteiger partial charge in [-0.1, -0.05) is 0 Å². The van der Waals surface area contributed by atoms with E-state index in [1.165, 1.54) is 12.4 Å². The van der Waals surface area contributed by atoms with Crippen molar-refractivity contribution in [1.82, 2.24) is 20.2 Å². The summed E-state index contributed by atoms with van der Waals surface area (Å²) < 4.78 is 36.7. The Morgan fingerprint density at radius 2 is 1.95 bits per heavy atom. The monoisotopic (exact) mass is 301 g/mol. The van der Waals surface area contributed by atoms with Crippen LogP contribution in [0.25, 0.3) is 0 Å². The Kier molecular flexibility index (Phi) is 3.34. The summed E-state index contributed by atoms with van der Waals surface area (Å²) in [4.78, 5) is 23.0. The molecule has 1 N–H and O–H groups in total. The number of urea groups is 1. The maximum atomic E-state index is 12.2. The lowest BCUT2D eigenvalue weighted by Gasteiger charge is -2.43. The molecule has 0 spiro atoms. The third-order valence-electron chi connectivity index (χ3n) is 3.57. The molecule has 9 heteroatoms. The zero-order valence-electron chi connectivity index (χ0n) is 11.1. The zero-order chi connectivity index (χ0) is 15.0. The molecule has 2 amide bonds. The summed E-state index contributed by atoms with van der Waals surface area (Å²) in [6.07, 6.45) is -2.88. The van der Waals surface area contributed by atoms with Gasteiger partial charge in [0.2, 0.25) is 5.95 Å².